The van der Waals surface area contributed by atoms with Gasteiger partial charge in [0.15, 0.2) is 5.65 Å². The van der Waals surface area contributed by atoms with Gasteiger partial charge in [-0.1, -0.05) is 18.2 Å². The molecule has 152 valence electrons. The Morgan fingerprint density at radius 3 is 2.53 bits per heavy atom. The second-order valence-electron chi connectivity index (χ2n) is 6.74. The number of hydrogen-bond acceptors (Lipinski definition) is 4. The Balaban J connectivity index is 1.55. The van der Waals surface area contributed by atoms with Crippen molar-refractivity contribution in [3.8, 4) is 5.69 Å². The number of carbonyl (C=O) groups excluding carboxylic acids is 1. The maximum atomic E-state index is 13.2. The Morgan fingerprint density at radius 1 is 1.10 bits per heavy atom. The number of amides is 1. The van der Waals surface area contributed by atoms with E-state index < -0.39 is 0 Å². The van der Waals surface area contributed by atoms with Gasteiger partial charge in [-0.2, -0.15) is 5.10 Å². The van der Waals surface area contributed by atoms with Gasteiger partial charge in [-0.25, -0.2) is 14.1 Å². The van der Waals surface area contributed by atoms with Gasteiger partial charge in [0.2, 0.25) is 5.91 Å². The lowest BCUT2D eigenvalue weighted by atomic mass is 10.2. The van der Waals surface area contributed by atoms with Crippen LogP contribution in [0.1, 0.15) is 13.3 Å². The number of rotatable bonds is 6. The van der Waals surface area contributed by atoms with E-state index in [-0.39, 0.29) is 30.2 Å². The Labute approximate surface area is 172 Å². The molecule has 4 rings (SSSR count). The van der Waals surface area contributed by atoms with Gasteiger partial charge in [0.25, 0.3) is 5.56 Å². The summed E-state index contributed by atoms with van der Waals surface area (Å²) in [6, 6.07) is 15.2. The normalized spacial score (nSPS) is 11.0. The molecule has 0 unspecified atom stereocenters. The minimum absolute atomic E-state index is 0.0716. The number of anilines is 1. The third-order valence-electron chi connectivity index (χ3n) is 4.88. The Kier molecular flexibility index (Phi) is 5.38. The molecule has 1 amide bonds. The van der Waals surface area contributed by atoms with Crippen molar-refractivity contribution in [2.45, 2.75) is 19.9 Å². The van der Waals surface area contributed by atoms with Crippen LogP contribution in [0.3, 0.4) is 0 Å². The second-order valence-corrected chi connectivity index (χ2v) is 6.74. The Bertz CT molecular complexity index is 1230. The first-order valence-corrected chi connectivity index (χ1v) is 9.63. The van der Waals surface area contributed by atoms with Gasteiger partial charge in [0.1, 0.15) is 11.2 Å². The predicted octanol–water partition coefficient (Wildman–Crippen LogP) is 3.16. The molecule has 0 fully saturated rings. The molecule has 30 heavy (non-hydrogen) atoms. The average Bonchev–Trinajstić information content (AvgIpc) is 3.20. The predicted molar refractivity (Wildman–Crippen MR) is 112 cm³/mol. The van der Waals surface area contributed by atoms with Crippen molar-refractivity contribution in [3.63, 3.8) is 0 Å². The highest BCUT2D eigenvalue weighted by Gasteiger charge is 2.16. The van der Waals surface area contributed by atoms with Crippen LogP contribution in [0.4, 0.5) is 10.1 Å². The molecule has 0 saturated heterocycles. The van der Waals surface area contributed by atoms with Crippen molar-refractivity contribution in [1.82, 2.24) is 19.3 Å². The van der Waals surface area contributed by atoms with E-state index in [1.807, 2.05) is 37.3 Å². The van der Waals surface area contributed by atoms with Crippen LogP contribution in [0.5, 0.6) is 0 Å². The number of nitrogens with zero attached hydrogens (tertiary/aromatic N) is 5. The molecular formula is C22H20FN5O2. The molecule has 0 saturated carbocycles. The number of fused-ring (bicyclic) bond motifs is 1. The van der Waals surface area contributed by atoms with Gasteiger partial charge in [-0.05, 0) is 43.3 Å². The maximum absolute atomic E-state index is 13.2. The summed E-state index contributed by atoms with van der Waals surface area (Å²) >= 11 is 0. The highest BCUT2D eigenvalue weighted by Crippen LogP contribution is 2.16. The van der Waals surface area contributed by atoms with Crippen LogP contribution in [0.2, 0.25) is 0 Å². The number of carbonyl (C=O) groups is 1. The standard InChI is InChI=1S/C22H20FN5O2/c1-2-27(17-6-4-3-5-7-17)20(29)12-13-26-15-24-21-19(22(26)30)14-25-28(21)18-10-8-16(23)9-11-18/h3-11,14-15H,2,12-13H2,1H3. The van der Waals surface area contributed by atoms with E-state index in [0.717, 1.165) is 5.69 Å². The van der Waals surface area contributed by atoms with Crippen molar-refractivity contribution in [2.75, 3.05) is 11.4 Å². The van der Waals surface area contributed by atoms with E-state index >= 15 is 0 Å². The molecule has 2 heterocycles. The molecule has 0 atom stereocenters. The van der Waals surface area contributed by atoms with Crippen LogP contribution in [0.15, 0.2) is 71.9 Å². The first kappa shape index (κ1) is 19.5. The number of halogens is 1. The van der Waals surface area contributed by atoms with Gasteiger partial charge in [0.05, 0.1) is 18.2 Å². The lowest BCUT2D eigenvalue weighted by Crippen LogP contribution is -2.32. The zero-order valence-corrected chi connectivity index (χ0v) is 16.4. The molecule has 4 aromatic rings. The number of benzene rings is 2. The van der Waals surface area contributed by atoms with E-state index in [4.69, 9.17) is 0 Å². The molecule has 0 N–H and O–H groups in total. The smallest absolute Gasteiger partial charge is 0.264 e. The lowest BCUT2D eigenvalue weighted by Gasteiger charge is -2.21. The number of para-hydroxylation sites is 1. The Morgan fingerprint density at radius 2 is 1.83 bits per heavy atom. The van der Waals surface area contributed by atoms with Crippen LogP contribution in [-0.2, 0) is 11.3 Å². The fourth-order valence-electron chi connectivity index (χ4n) is 3.34. The van der Waals surface area contributed by atoms with Gasteiger partial charge in [-0.15, -0.1) is 0 Å². The SMILES string of the molecule is CCN(C(=O)CCn1cnc2c(cnn2-c2ccc(F)cc2)c1=O)c1ccccc1. The highest BCUT2D eigenvalue weighted by atomic mass is 19.1. The zero-order chi connectivity index (χ0) is 21.1. The van der Waals surface area contributed by atoms with Crippen LogP contribution in [0.25, 0.3) is 16.7 Å². The minimum atomic E-state index is -0.355. The molecule has 0 radical (unpaired) electrons. The fourth-order valence-corrected chi connectivity index (χ4v) is 3.34. The van der Waals surface area contributed by atoms with Gasteiger partial charge in [0, 0.05) is 25.2 Å². The molecule has 0 spiro atoms. The molecule has 2 aromatic carbocycles. The fraction of sp³-hybridized carbons (Fsp3) is 0.182. The van der Waals surface area contributed by atoms with Crippen molar-refractivity contribution >= 4 is 22.6 Å². The topological polar surface area (TPSA) is 73.0 Å². The second kappa shape index (κ2) is 8.28. The molecular weight excluding hydrogens is 385 g/mol. The zero-order valence-electron chi connectivity index (χ0n) is 16.4. The summed E-state index contributed by atoms with van der Waals surface area (Å²) < 4.78 is 16.1. The van der Waals surface area contributed by atoms with Crippen LogP contribution < -0.4 is 10.5 Å². The number of hydrogen-bond donors (Lipinski definition) is 0. The molecule has 0 aliphatic carbocycles. The van der Waals surface area contributed by atoms with Crippen molar-refractivity contribution in [2.24, 2.45) is 0 Å². The van der Waals surface area contributed by atoms with E-state index in [2.05, 4.69) is 10.1 Å². The van der Waals surface area contributed by atoms with E-state index in [0.29, 0.717) is 23.3 Å². The van der Waals surface area contributed by atoms with Gasteiger partial charge in [-0.3, -0.25) is 14.2 Å². The van der Waals surface area contributed by atoms with Crippen molar-refractivity contribution in [1.29, 1.82) is 0 Å². The molecule has 0 aliphatic heterocycles. The summed E-state index contributed by atoms with van der Waals surface area (Å²) in [5.41, 5.74) is 1.54. The summed E-state index contributed by atoms with van der Waals surface area (Å²) in [5.74, 6) is -0.426. The minimum Gasteiger partial charge on any atom is -0.313 e. The van der Waals surface area contributed by atoms with Crippen LogP contribution >= 0.6 is 0 Å². The summed E-state index contributed by atoms with van der Waals surface area (Å²) in [6.45, 7) is 2.67. The lowest BCUT2D eigenvalue weighted by molar-refractivity contribution is -0.118. The molecule has 0 bridgehead atoms. The van der Waals surface area contributed by atoms with Gasteiger partial charge >= 0.3 is 0 Å². The van der Waals surface area contributed by atoms with Gasteiger partial charge < -0.3 is 4.90 Å². The molecule has 8 heteroatoms. The summed E-state index contributed by atoms with van der Waals surface area (Å²) in [7, 11) is 0. The van der Waals surface area contributed by atoms with Crippen molar-refractivity contribution < 1.29 is 9.18 Å². The van der Waals surface area contributed by atoms with E-state index in [9.17, 15) is 14.0 Å². The number of aryl methyl sites for hydroxylation is 1. The summed E-state index contributed by atoms with van der Waals surface area (Å²) in [4.78, 5) is 31.5. The highest BCUT2D eigenvalue weighted by molar-refractivity contribution is 5.93. The molecule has 2 aromatic heterocycles. The monoisotopic (exact) mass is 405 g/mol. The van der Waals surface area contributed by atoms with Crippen molar-refractivity contribution in [3.05, 3.63) is 83.3 Å². The van der Waals surface area contributed by atoms with Crippen LogP contribution in [0, 0.1) is 5.82 Å². The molecule has 7 nitrogen and oxygen atoms in total. The first-order valence-electron chi connectivity index (χ1n) is 9.63. The largest absolute Gasteiger partial charge is 0.313 e. The Hall–Kier alpha value is -3.81. The first-order chi connectivity index (χ1) is 14.6. The third-order valence-corrected chi connectivity index (χ3v) is 4.88. The summed E-state index contributed by atoms with van der Waals surface area (Å²) in [6.07, 6.45) is 3.02. The number of aromatic nitrogens is 4. The third kappa shape index (κ3) is 3.71. The average molecular weight is 405 g/mol. The van der Waals surface area contributed by atoms with Crippen LogP contribution in [-0.4, -0.2) is 31.8 Å². The molecule has 0 aliphatic rings. The maximum Gasteiger partial charge on any atom is 0.264 e. The van der Waals surface area contributed by atoms with E-state index in [1.54, 1.807) is 17.0 Å². The quantitative estimate of drug-likeness (QED) is 0.494. The summed E-state index contributed by atoms with van der Waals surface area (Å²) in [5, 5.41) is 4.55. The van der Waals surface area contributed by atoms with E-state index in [1.165, 1.54) is 33.9 Å².